The van der Waals surface area contributed by atoms with Gasteiger partial charge >= 0.3 is 7.12 Å². The summed E-state index contributed by atoms with van der Waals surface area (Å²) in [7, 11) is -0.989. The molecule has 17 heavy (non-hydrogen) atoms. The maximum atomic E-state index is 9.91. The first-order valence-corrected chi connectivity index (χ1v) is 5.78. The highest BCUT2D eigenvalue weighted by molar-refractivity contribution is 6.63. The lowest BCUT2D eigenvalue weighted by molar-refractivity contribution is 0.173. The van der Waals surface area contributed by atoms with Crippen molar-refractivity contribution < 1.29 is 19.2 Å². The molecule has 1 aromatic rings. The highest BCUT2D eigenvalue weighted by Crippen LogP contribution is 2.35. The Morgan fingerprint density at radius 3 is 3.06 bits per heavy atom. The second-order valence-electron chi connectivity index (χ2n) is 3.91. The molecule has 90 valence electrons. The van der Waals surface area contributed by atoms with Crippen LogP contribution >= 0.6 is 11.8 Å². The standard InChI is InChI=1S/C10H11BClNO4/c12-13-5-8-6-1-2-7-10(16-4-3-15-7)9(6)11(14)17-8/h1-2,8,13-14H,3-5H2. The molecule has 0 bridgehead atoms. The van der Waals surface area contributed by atoms with Crippen molar-refractivity contribution in [3.8, 4) is 11.5 Å². The maximum Gasteiger partial charge on any atom is 0.496 e. The minimum atomic E-state index is -0.989. The van der Waals surface area contributed by atoms with Crippen LogP contribution in [0.4, 0.5) is 0 Å². The Kier molecular flexibility index (Phi) is 2.88. The lowest BCUT2D eigenvalue weighted by atomic mass is 9.78. The van der Waals surface area contributed by atoms with Crippen molar-refractivity contribution in [3.05, 3.63) is 17.7 Å². The van der Waals surface area contributed by atoms with E-state index in [1.54, 1.807) is 0 Å². The van der Waals surface area contributed by atoms with E-state index < -0.39 is 7.12 Å². The number of nitrogens with one attached hydrogen (secondary N) is 1. The molecule has 1 aromatic carbocycles. The molecule has 2 aliphatic rings. The van der Waals surface area contributed by atoms with Crippen LogP contribution in [0.1, 0.15) is 11.7 Å². The third-order valence-electron chi connectivity index (χ3n) is 2.93. The van der Waals surface area contributed by atoms with Gasteiger partial charge in [-0.3, -0.25) is 0 Å². The fraction of sp³-hybridized carbons (Fsp3) is 0.400. The summed E-state index contributed by atoms with van der Waals surface area (Å²) in [6.45, 7) is 1.43. The van der Waals surface area contributed by atoms with Crippen LogP contribution in [0.2, 0.25) is 0 Å². The number of hydrogen-bond acceptors (Lipinski definition) is 5. The van der Waals surface area contributed by atoms with Gasteiger partial charge in [0.05, 0.1) is 6.10 Å². The second-order valence-corrected chi connectivity index (χ2v) is 4.17. The second kappa shape index (κ2) is 4.38. The molecule has 5 nitrogen and oxygen atoms in total. The lowest BCUT2D eigenvalue weighted by Gasteiger charge is -2.21. The minimum absolute atomic E-state index is 0.270. The molecule has 2 heterocycles. The van der Waals surface area contributed by atoms with Crippen molar-refractivity contribution >= 4 is 24.4 Å². The molecule has 0 fully saturated rings. The smallest absolute Gasteiger partial charge is 0.486 e. The molecule has 0 radical (unpaired) electrons. The summed E-state index contributed by atoms with van der Waals surface area (Å²) in [6, 6.07) is 3.70. The van der Waals surface area contributed by atoms with E-state index in [0.717, 1.165) is 5.56 Å². The number of rotatable bonds is 2. The number of halogens is 1. The lowest BCUT2D eigenvalue weighted by Crippen LogP contribution is -2.32. The van der Waals surface area contributed by atoms with Gasteiger partial charge in [0, 0.05) is 12.0 Å². The Labute approximate surface area is 104 Å². The van der Waals surface area contributed by atoms with E-state index in [1.807, 2.05) is 12.1 Å². The van der Waals surface area contributed by atoms with Gasteiger partial charge in [-0.15, -0.1) is 0 Å². The van der Waals surface area contributed by atoms with E-state index in [9.17, 15) is 5.02 Å². The third kappa shape index (κ3) is 1.77. The molecule has 0 aromatic heterocycles. The summed E-state index contributed by atoms with van der Waals surface area (Å²) < 4.78 is 16.4. The van der Waals surface area contributed by atoms with Gasteiger partial charge in [0.1, 0.15) is 13.2 Å². The van der Waals surface area contributed by atoms with Crippen molar-refractivity contribution in [1.29, 1.82) is 0 Å². The van der Waals surface area contributed by atoms with Gasteiger partial charge in [-0.05, 0) is 23.4 Å². The topological polar surface area (TPSA) is 60.0 Å². The SMILES string of the molecule is OB1OC(CNCl)c2ccc3c(c21)OCCO3. The van der Waals surface area contributed by atoms with E-state index in [1.165, 1.54) is 0 Å². The molecule has 1 atom stereocenters. The molecule has 0 spiro atoms. The quantitative estimate of drug-likeness (QED) is 0.574. The first kappa shape index (κ1) is 11.2. The van der Waals surface area contributed by atoms with Crippen LogP contribution in [0.3, 0.4) is 0 Å². The van der Waals surface area contributed by atoms with Crippen LogP contribution in [-0.2, 0) is 4.65 Å². The molecule has 0 saturated heterocycles. The van der Waals surface area contributed by atoms with Gasteiger partial charge in [-0.2, -0.15) is 0 Å². The first-order chi connectivity index (χ1) is 8.31. The zero-order chi connectivity index (χ0) is 11.8. The van der Waals surface area contributed by atoms with E-state index in [4.69, 9.17) is 25.9 Å². The summed E-state index contributed by atoms with van der Waals surface area (Å²) in [4.78, 5) is 2.52. The van der Waals surface area contributed by atoms with E-state index in [0.29, 0.717) is 36.7 Å². The summed E-state index contributed by atoms with van der Waals surface area (Å²) in [5.74, 6) is 1.23. The maximum absolute atomic E-state index is 9.91. The molecule has 1 unspecified atom stereocenters. The number of hydrogen-bond donors (Lipinski definition) is 2. The van der Waals surface area contributed by atoms with Gasteiger partial charge in [0.25, 0.3) is 0 Å². The monoisotopic (exact) mass is 255 g/mol. The average Bonchev–Trinajstić information content (AvgIpc) is 2.67. The van der Waals surface area contributed by atoms with Crippen LogP contribution in [-0.4, -0.2) is 31.9 Å². The summed E-state index contributed by atoms with van der Waals surface area (Å²) in [5, 5.41) is 9.91. The van der Waals surface area contributed by atoms with Crippen molar-refractivity contribution in [2.24, 2.45) is 0 Å². The van der Waals surface area contributed by atoms with Crippen molar-refractivity contribution in [2.45, 2.75) is 6.10 Å². The largest absolute Gasteiger partial charge is 0.496 e. The van der Waals surface area contributed by atoms with Crippen molar-refractivity contribution in [3.63, 3.8) is 0 Å². The average molecular weight is 255 g/mol. The Hall–Kier alpha value is -0.945. The van der Waals surface area contributed by atoms with Gasteiger partial charge in [-0.1, -0.05) is 6.07 Å². The van der Waals surface area contributed by atoms with Gasteiger partial charge in [0.15, 0.2) is 11.5 Å². The highest BCUT2D eigenvalue weighted by Gasteiger charge is 2.39. The third-order valence-corrected chi connectivity index (χ3v) is 3.08. The van der Waals surface area contributed by atoms with Crippen LogP contribution in [0, 0.1) is 0 Å². The van der Waals surface area contributed by atoms with E-state index >= 15 is 0 Å². The summed E-state index contributed by atoms with van der Waals surface area (Å²) in [6.07, 6.45) is -0.270. The van der Waals surface area contributed by atoms with Gasteiger partial charge in [-0.25, -0.2) is 4.84 Å². The molecular formula is C10H11BClNO4. The Balaban J connectivity index is 2.05. The minimum Gasteiger partial charge on any atom is -0.486 e. The van der Waals surface area contributed by atoms with E-state index in [-0.39, 0.29) is 6.10 Å². The first-order valence-electron chi connectivity index (χ1n) is 5.40. The molecule has 0 aliphatic carbocycles. The Morgan fingerprint density at radius 2 is 2.24 bits per heavy atom. The Bertz CT molecular complexity index is 445. The van der Waals surface area contributed by atoms with Crippen LogP contribution in [0.5, 0.6) is 11.5 Å². The zero-order valence-electron chi connectivity index (χ0n) is 8.98. The van der Waals surface area contributed by atoms with E-state index in [2.05, 4.69) is 4.84 Å². The normalized spacial score (nSPS) is 21.5. The van der Waals surface area contributed by atoms with Gasteiger partial charge < -0.3 is 19.2 Å². The highest BCUT2D eigenvalue weighted by atomic mass is 35.5. The predicted molar refractivity (Wildman–Crippen MR) is 62.7 cm³/mol. The number of ether oxygens (including phenoxy) is 2. The number of benzene rings is 1. The molecular weight excluding hydrogens is 244 g/mol. The molecule has 2 N–H and O–H groups in total. The van der Waals surface area contributed by atoms with Crippen molar-refractivity contribution in [1.82, 2.24) is 4.84 Å². The Morgan fingerprint density at radius 1 is 1.41 bits per heavy atom. The summed E-state index contributed by atoms with van der Waals surface area (Å²) in [5.41, 5.74) is 1.54. The van der Waals surface area contributed by atoms with Gasteiger partial charge in [0.2, 0.25) is 0 Å². The molecule has 2 aliphatic heterocycles. The fourth-order valence-corrected chi connectivity index (χ4v) is 2.35. The number of fused-ring (bicyclic) bond motifs is 3. The predicted octanol–water partition coefficient (Wildman–Crippen LogP) is -0.0400. The molecule has 3 rings (SSSR count). The molecule has 0 amide bonds. The van der Waals surface area contributed by atoms with Crippen LogP contribution < -0.4 is 19.8 Å². The van der Waals surface area contributed by atoms with Crippen LogP contribution in [0.25, 0.3) is 0 Å². The zero-order valence-corrected chi connectivity index (χ0v) is 9.74. The van der Waals surface area contributed by atoms with Crippen molar-refractivity contribution in [2.75, 3.05) is 19.8 Å². The summed E-state index contributed by atoms with van der Waals surface area (Å²) >= 11 is 5.47. The fourth-order valence-electron chi connectivity index (χ4n) is 2.21. The molecule has 7 heteroatoms. The van der Waals surface area contributed by atoms with Crippen LogP contribution in [0.15, 0.2) is 12.1 Å². The molecule has 0 saturated carbocycles.